The van der Waals surface area contributed by atoms with Gasteiger partial charge >= 0.3 is 6.03 Å². The first-order valence-corrected chi connectivity index (χ1v) is 6.92. The Bertz CT molecular complexity index is 701. The fourth-order valence-corrected chi connectivity index (χ4v) is 1.84. The Morgan fingerprint density at radius 3 is 2.52 bits per heavy atom. The number of pyridine rings is 1. The topological polar surface area (TPSA) is 74.3 Å². The molecule has 0 atom stereocenters. The van der Waals surface area contributed by atoms with E-state index in [1.807, 2.05) is 0 Å². The van der Waals surface area contributed by atoms with Crippen LogP contribution < -0.4 is 10.6 Å². The van der Waals surface area contributed by atoms with E-state index >= 15 is 0 Å². The van der Waals surface area contributed by atoms with Crippen LogP contribution in [0.5, 0.6) is 0 Å². The molecule has 0 radical (unpaired) electrons. The lowest BCUT2D eigenvalue weighted by molar-refractivity contribution is 0.0827. The number of anilines is 1. The highest BCUT2D eigenvalue weighted by Gasteiger charge is 2.10. The van der Waals surface area contributed by atoms with Gasteiger partial charge in [0.25, 0.3) is 5.91 Å². The molecule has 1 heterocycles. The molecule has 0 saturated heterocycles. The molecule has 2 aromatic rings. The number of benzene rings is 1. The third kappa shape index (κ3) is 4.77. The summed E-state index contributed by atoms with van der Waals surface area (Å²) in [5, 5.41) is 5.18. The van der Waals surface area contributed by atoms with Crippen LogP contribution in [-0.2, 0) is 6.54 Å². The molecule has 0 aliphatic heterocycles. The number of aromatic nitrogens is 1. The Labute approximate surface area is 133 Å². The van der Waals surface area contributed by atoms with E-state index in [0.717, 1.165) is 5.56 Å². The Morgan fingerprint density at radius 2 is 1.87 bits per heavy atom. The molecule has 0 saturated carbocycles. The lowest BCUT2D eigenvalue weighted by Gasteiger charge is -2.11. The largest absolute Gasteiger partial charge is 0.345 e. The number of nitrogens with one attached hydrogen (secondary N) is 2. The quantitative estimate of drug-likeness (QED) is 0.908. The number of halogens is 1. The zero-order valence-corrected chi connectivity index (χ0v) is 12.8. The lowest BCUT2D eigenvalue weighted by Crippen LogP contribution is -2.29. The molecule has 6 nitrogen and oxygen atoms in total. The zero-order chi connectivity index (χ0) is 16.8. The van der Waals surface area contributed by atoms with Gasteiger partial charge in [0.15, 0.2) is 0 Å². The number of carbonyl (C=O) groups is 2. The van der Waals surface area contributed by atoms with Crippen LogP contribution in [0, 0.1) is 5.82 Å². The van der Waals surface area contributed by atoms with Crippen LogP contribution in [0.3, 0.4) is 0 Å². The molecule has 3 amide bonds. The van der Waals surface area contributed by atoms with Crippen molar-refractivity contribution in [1.29, 1.82) is 0 Å². The highest BCUT2D eigenvalue weighted by molar-refractivity contribution is 5.95. The van der Waals surface area contributed by atoms with Crippen molar-refractivity contribution < 1.29 is 14.0 Å². The molecule has 0 spiro atoms. The summed E-state index contributed by atoms with van der Waals surface area (Å²) >= 11 is 0. The Kier molecular flexibility index (Phi) is 5.24. The standard InChI is InChI=1S/C16H17FN4O2/c1-21(2)15(22)12-7-8-18-14(9-12)20-16(23)19-10-11-3-5-13(17)6-4-11/h3-9H,10H2,1-2H3,(H2,18,19,20,23). The number of rotatable bonds is 4. The molecule has 23 heavy (non-hydrogen) atoms. The maximum Gasteiger partial charge on any atom is 0.320 e. The number of nitrogens with zero attached hydrogens (tertiary/aromatic N) is 2. The first kappa shape index (κ1) is 16.4. The van der Waals surface area contributed by atoms with Crippen LogP contribution in [0.2, 0.25) is 0 Å². The van der Waals surface area contributed by atoms with E-state index in [1.165, 1.54) is 29.3 Å². The Balaban J connectivity index is 1.93. The maximum absolute atomic E-state index is 12.8. The van der Waals surface area contributed by atoms with Gasteiger partial charge in [0, 0.05) is 32.4 Å². The fraction of sp³-hybridized carbons (Fsp3) is 0.188. The summed E-state index contributed by atoms with van der Waals surface area (Å²) < 4.78 is 12.8. The summed E-state index contributed by atoms with van der Waals surface area (Å²) in [6, 6.07) is 8.44. The van der Waals surface area contributed by atoms with Crippen molar-refractivity contribution in [2.24, 2.45) is 0 Å². The van der Waals surface area contributed by atoms with Gasteiger partial charge in [0.05, 0.1) is 0 Å². The van der Waals surface area contributed by atoms with E-state index in [1.54, 1.807) is 32.3 Å². The summed E-state index contributed by atoms with van der Waals surface area (Å²) in [7, 11) is 3.29. The molecule has 2 N–H and O–H groups in total. The summed E-state index contributed by atoms with van der Waals surface area (Å²) in [6.45, 7) is 0.252. The zero-order valence-electron chi connectivity index (χ0n) is 12.8. The van der Waals surface area contributed by atoms with Gasteiger partial charge in [-0.3, -0.25) is 10.1 Å². The van der Waals surface area contributed by atoms with Crippen molar-refractivity contribution in [3.8, 4) is 0 Å². The highest BCUT2D eigenvalue weighted by atomic mass is 19.1. The molecule has 7 heteroatoms. The van der Waals surface area contributed by atoms with Gasteiger partial charge in [0.2, 0.25) is 0 Å². The molecule has 1 aromatic heterocycles. The third-order valence-corrected chi connectivity index (χ3v) is 3.02. The van der Waals surface area contributed by atoms with Crippen LogP contribution in [0.4, 0.5) is 15.0 Å². The fourth-order valence-electron chi connectivity index (χ4n) is 1.84. The van der Waals surface area contributed by atoms with Gasteiger partial charge in [-0.2, -0.15) is 0 Å². The van der Waals surface area contributed by atoms with Crippen molar-refractivity contribution in [2.75, 3.05) is 19.4 Å². The minimum Gasteiger partial charge on any atom is -0.345 e. The number of urea groups is 1. The van der Waals surface area contributed by atoms with Crippen molar-refractivity contribution >= 4 is 17.8 Å². The Hall–Kier alpha value is -2.96. The summed E-state index contributed by atoms with van der Waals surface area (Å²) in [4.78, 5) is 29.1. The van der Waals surface area contributed by atoms with Crippen LogP contribution in [0.25, 0.3) is 0 Å². The van der Waals surface area contributed by atoms with Crippen molar-refractivity contribution in [1.82, 2.24) is 15.2 Å². The number of carbonyl (C=O) groups excluding carboxylic acids is 2. The monoisotopic (exact) mass is 316 g/mol. The van der Waals surface area contributed by atoms with E-state index in [0.29, 0.717) is 5.56 Å². The van der Waals surface area contributed by atoms with Gasteiger partial charge in [-0.1, -0.05) is 12.1 Å². The smallest absolute Gasteiger partial charge is 0.320 e. The molecule has 2 rings (SSSR count). The number of hydrogen-bond donors (Lipinski definition) is 2. The minimum atomic E-state index is -0.462. The van der Waals surface area contributed by atoms with Gasteiger partial charge in [-0.15, -0.1) is 0 Å². The Morgan fingerprint density at radius 1 is 1.17 bits per heavy atom. The molecule has 0 fully saturated rings. The number of hydrogen-bond acceptors (Lipinski definition) is 3. The molecule has 120 valence electrons. The second kappa shape index (κ2) is 7.35. The predicted octanol–water partition coefficient (Wildman–Crippen LogP) is 2.24. The average Bonchev–Trinajstić information content (AvgIpc) is 2.53. The highest BCUT2D eigenvalue weighted by Crippen LogP contribution is 2.09. The molecule has 0 unspecified atom stereocenters. The van der Waals surface area contributed by atoms with E-state index in [-0.39, 0.29) is 24.1 Å². The van der Waals surface area contributed by atoms with Gasteiger partial charge in [-0.25, -0.2) is 14.2 Å². The molecule has 1 aromatic carbocycles. The molecule has 0 aliphatic carbocycles. The average molecular weight is 316 g/mol. The molecule has 0 aliphatic rings. The van der Waals surface area contributed by atoms with E-state index in [9.17, 15) is 14.0 Å². The lowest BCUT2D eigenvalue weighted by atomic mass is 10.2. The van der Waals surface area contributed by atoms with Crippen molar-refractivity contribution in [2.45, 2.75) is 6.54 Å². The van der Waals surface area contributed by atoms with Crippen LogP contribution in [0.15, 0.2) is 42.6 Å². The first-order valence-electron chi connectivity index (χ1n) is 6.92. The van der Waals surface area contributed by atoms with Crippen LogP contribution in [-0.4, -0.2) is 35.9 Å². The second-order valence-electron chi connectivity index (χ2n) is 5.06. The van der Waals surface area contributed by atoms with Gasteiger partial charge < -0.3 is 10.2 Å². The summed E-state index contributed by atoms with van der Waals surface area (Å²) in [6.07, 6.45) is 1.45. The maximum atomic E-state index is 12.8. The van der Waals surface area contributed by atoms with Gasteiger partial charge in [0.1, 0.15) is 11.6 Å². The van der Waals surface area contributed by atoms with E-state index < -0.39 is 6.03 Å². The van der Waals surface area contributed by atoms with Crippen LogP contribution >= 0.6 is 0 Å². The van der Waals surface area contributed by atoms with Crippen molar-refractivity contribution in [3.63, 3.8) is 0 Å². The number of amides is 3. The molecule has 0 bridgehead atoms. The minimum absolute atomic E-state index is 0.179. The van der Waals surface area contributed by atoms with E-state index in [2.05, 4.69) is 15.6 Å². The summed E-state index contributed by atoms with van der Waals surface area (Å²) in [5.74, 6) is -0.235. The predicted molar refractivity (Wildman–Crippen MR) is 84.5 cm³/mol. The second-order valence-corrected chi connectivity index (χ2v) is 5.06. The third-order valence-electron chi connectivity index (χ3n) is 3.02. The SMILES string of the molecule is CN(C)C(=O)c1ccnc(NC(=O)NCc2ccc(F)cc2)c1. The first-order chi connectivity index (χ1) is 11.0. The van der Waals surface area contributed by atoms with Crippen molar-refractivity contribution in [3.05, 3.63) is 59.5 Å². The van der Waals surface area contributed by atoms with Crippen LogP contribution in [0.1, 0.15) is 15.9 Å². The normalized spacial score (nSPS) is 10.0. The molecular weight excluding hydrogens is 299 g/mol. The molecular formula is C16H17FN4O2. The summed E-state index contributed by atoms with van der Waals surface area (Å²) in [5.41, 5.74) is 1.20. The van der Waals surface area contributed by atoms with Gasteiger partial charge in [-0.05, 0) is 29.8 Å². The van der Waals surface area contributed by atoms with E-state index in [4.69, 9.17) is 0 Å².